The second-order valence-corrected chi connectivity index (χ2v) is 4.61. The Balaban J connectivity index is 2.25. The van der Waals surface area contributed by atoms with Crippen molar-refractivity contribution in [2.75, 3.05) is 7.11 Å². The van der Waals surface area contributed by atoms with Gasteiger partial charge in [-0.3, -0.25) is 4.79 Å². The molecule has 2 aromatic carbocycles. The summed E-state index contributed by atoms with van der Waals surface area (Å²) in [5.74, 6) is 0.626. The monoisotopic (exact) mass is 266 g/mol. The maximum absolute atomic E-state index is 10.9. The van der Waals surface area contributed by atoms with Crippen molar-refractivity contribution >= 4 is 17.2 Å². The van der Waals surface area contributed by atoms with Crippen LogP contribution < -0.4 is 4.74 Å². The van der Waals surface area contributed by atoms with Crippen LogP contribution in [0.25, 0.3) is 16.6 Å². The molecule has 0 aliphatic heterocycles. The summed E-state index contributed by atoms with van der Waals surface area (Å²) in [5, 5.41) is 5.54. The number of carbonyl (C=O) groups excluding carboxylic acids is 1. The summed E-state index contributed by atoms with van der Waals surface area (Å²) in [7, 11) is 1.59. The fraction of sp³-hybridized carbons (Fsp3) is 0.125. The van der Waals surface area contributed by atoms with Crippen molar-refractivity contribution in [3.63, 3.8) is 0 Å². The highest BCUT2D eigenvalue weighted by Crippen LogP contribution is 2.27. The quantitative estimate of drug-likeness (QED) is 0.684. The number of aldehydes is 1. The van der Waals surface area contributed by atoms with E-state index in [4.69, 9.17) is 4.74 Å². The molecule has 3 rings (SSSR count). The van der Waals surface area contributed by atoms with Gasteiger partial charge in [-0.05, 0) is 36.8 Å². The van der Waals surface area contributed by atoms with Gasteiger partial charge >= 0.3 is 0 Å². The lowest BCUT2D eigenvalue weighted by atomic mass is 10.1. The van der Waals surface area contributed by atoms with E-state index in [-0.39, 0.29) is 0 Å². The third kappa shape index (κ3) is 1.86. The highest BCUT2D eigenvalue weighted by molar-refractivity contribution is 5.84. The van der Waals surface area contributed by atoms with Crippen molar-refractivity contribution in [2.24, 2.45) is 0 Å². The molecule has 4 nitrogen and oxygen atoms in total. The minimum absolute atomic E-state index is 0.582. The lowest BCUT2D eigenvalue weighted by molar-refractivity contribution is 0.112. The van der Waals surface area contributed by atoms with Crippen LogP contribution in [0.4, 0.5) is 0 Å². The Morgan fingerprint density at radius 2 is 2.10 bits per heavy atom. The molecule has 20 heavy (non-hydrogen) atoms. The van der Waals surface area contributed by atoms with Crippen molar-refractivity contribution in [3.8, 4) is 11.4 Å². The van der Waals surface area contributed by atoms with Crippen LogP contribution >= 0.6 is 0 Å². The Kier molecular flexibility index (Phi) is 2.99. The van der Waals surface area contributed by atoms with Crippen molar-refractivity contribution in [3.05, 3.63) is 53.7 Å². The largest absolute Gasteiger partial charge is 0.494 e. The van der Waals surface area contributed by atoms with Crippen LogP contribution in [0.1, 0.15) is 15.9 Å². The molecule has 4 heteroatoms. The van der Waals surface area contributed by atoms with Crippen LogP contribution in [0.5, 0.6) is 5.75 Å². The Morgan fingerprint density at radius 1 is 1.25 bits per heavy atom. The van der Waals surface area contributed by atoms with Gasteiger partial charge in [0.05, 0.1) is 18.8 Å². The second kappa shape index (κ2) is 4.81. The third-order valence-corrected chi connectivity index (χ3v) is 3.40. The molecule has 0 aliphatic rings. The summed E-state index contributed by atoms with van der Waals surface area (Å²) in [6.07, 6.45) is 2.65. The van der Waals surface area contributed by atoms with Crippen LogP contribution in [-0.2, 0) is 0 Å². The lowest BCUT2D eigenvalue weighted by Gasteiger charge is -2.10. The SMILES string of the molecule is COc1cc(C=O)ccc1-n1ncc2c(C)cccc21. The van der Waals surface area contributed by atoms with E-state index in [1.807, 2.05) is 29.1 Å². The Bertz CT molecular complexity index is 790. The number of ether oxygens (including phenoxy) is 1. The Hall–Kier alpha value is -2.62. The second-order valence-electron chi connectivity index (χ2n) is 4.61. The molecule has 0 unspecified atom stereocenters. The zero-order valence-electron chi connectivity index (χ0n) is 11.3. The van der Waals surface area contributed by atoms with Gasteiger partial charge in [0, 0.05) is 10.9 Å². The van der Waals surface area contributed by atoms with Gasteiger partial charge in [-0.15, -0.1) is 0 Å². The molecule has 0 atom stereocenters. The summed E-state index contributed by atoms with van der Waals surface area (Å²) in [4.78, 5) is 10.9. The van der Waals surface area contributed by atoms with E-state index in [1.165, 1.54) is 5.56 Å². The number of methoxy groups -OCH3 is 1. The average molecular weight is 266 g/mol. The molecule has 0 amide bonds. The maximum atomic E-state index is 10.9. The number of aryl methyl sites for hydroxylation is 1. The highest BCUT2D eigenvalue weighted by atomic mass is 16.5. The van der Waals surface area contributed by atoms with Crippen molar-refractivity contribution in [1.82, 2.24) is 9.78 Å². The molecule has 0 saturated heterocycles. The van der Waals surface area contributed by atoms with Gasteiger partial charge in [0.2, 0.25) is 0 Å². The Labute approximate surface area is 116 Å². The molecule has 0 spiro atoms. The number of rotatable bonds is 3. The van der Waals surface area contributed by atoms with E-state index in [0.717, 1.165) is 22.9 Å². The molecule has 100 valence electrons. The first-order valence-electron chi connectivity index (χ1n) is 6.31. The molecule has 0 radical (unpaired) electrons. The fourth-order valence-corrected chi connectivity index (χ4v) is 2.33. The summed E-state index contributed by atoms with van der Waals surface area (Å²) >= 11 is 0. The van der Waals surface area contributed by atoms with Crippen molar-refractivity contribution in [2.45, 2.75) is 6.92 Å². The van der Waals surface area contributed by atoms with Gasteiger partial charge in [-0.2, -0.15) is 5.10 Å². The predicted molar refractivity (Wildman–Crippen MR) is 77.7 cm³/mol. The van der Waals surface area contributed by atoms with E-state index in [2.05, 4.69) is 18.1 Å². The topological polar surface area (TPSA) is 44.1 Å². The van der Waals surface area contributed by atoms with E-state index >= 15 is 0 Å². The molecular weight excluding hydrogens is 252 g/mol. The number of benzene rings is 2. The van der Waals surface area contributed by atoms with Gasteiger partial charge < -0.3 is 4.74 Å². The van der Waals surface area contributed by atoms with Crippen LogP contribution in [0.3, 0.4) is 0 Å². The highest BCUT2D eigenvalue weighted by Gasteiger charge is 2.11. The predicted octanol–water partition coefficient (Wildman–Crippen LogP) is 3.16. The third-order valence-electron chi connectivity index (χ3n) is 3.40. The van der Waals surface area contributed by atoms with E-state index in [1.54, 1.807) is 19.2 Å². The maximum Gasteiger partial charge on any atom is 0.150 e. The fourth-order valence-electron chi connectivity index (χ4n) is 2.33. The smallest absolute Gasteiger partial charge is 0.150 e. The number of hydrogen-bond acceptors (Lipinski definition) is 3. The van der Waals surface area contributed by atoms with Gasteiger partial charge in [0.15, 0.2) is 0 Å². The summed E-state index contributed by atoms with van der Waals surface area (Å²) in [5.41, 5.74) is 3.59. The molecule has 0 N–H and O–H groups in total. The van der Waals surface area contributed by atoms with Gasteiger partial charge in [0.1, 0.15) is 17.7 Å². The Morgan fingerprint density at radius 3 is 2.85 bits per heavy atom. The molecule has 1 heterocycles. The van der Waals surface area contributed by atoms with Gasteiger partial charge in [-0.1, -0.05) is 12.1 Å². The zero-order chi connectivity index (χ0) is 14.1. The summed E-state index contributed by atoms with van der Waals surface area (Å²) in [6.45, 7) is 2.06. The molecule has 0 fully saturated rings. The first-order valence-corrected chi connectivity index (χ1v) is 6.31. The first-order chi connectivity index (χ1) is 9.74. The molecule has 0 bridgehead atoms. The molecule has 3 aromatic rings. The van der Waals surface area contributed by atoms with E-state index in [9.17, 15) is 4.79 Å². The minimum Gasteiger partial charge on any atom is -0.494 e. The number of hydrogen-bond donors (Lipinski definition) is 0. The van der Waals surface area contributed by atoms with E-state index < -0.39 is 0 Å². The summed E-state index contributed by atoms with van der Waals surface area (Å²) < 4.78 is 7.20. The summed E-state index contributed by atoms with van der Waals surface area (Å²) in [6, 6.07) is 11.4. The number of fused-ring (bicyclic) bond motifs is 1. The van der Waals surface area contributed by atoms with Crippen LogP contribution in [0.2, 0.25) is 0 Å². The molecule has 1 aromatic heterocycles. The molecule has 0 saturated carbocycles. The van der Waals surface area contributed by atoms with Crippen molar-refractivity contribution in [1.29, 1.82) is 0 Å². The van der Waals surface area contributed by atoms with Crippen LogP contribution in [0.15, 0.2) is 42.6 Å². The van der Waals surface area contributed by atoms with Crippen LogP contribution in [0, 0.1) is 6.92 Å². The normalized spacial score (nSPS) is 10.7. The zero-order valence-corrected chi connectivity index (χ0v) is 11.3. The van der Waals surface area contributed by atoms with Crippen LogP contribution in [-0.4, -0.2) is 23.2 Å². The molecule has 0 aliphatic carbocycles. The standard InChI is InChI=1S/C16H14N2O2/c1-11-4-3-5-14-13(11)9-17-18(14)15-7-6-12(10-19)8-16(15)20-2/h3-10H,1-2H3. The van der Waals surface area contributed by atoms with Crippen molar-refractivity contribution < 1.29 is 9.53 Å². The molecular formula is C16H14N2O2. The van der Waals surface area contributed by atoms with Gasteiger partial charge in [-0.25, -0.2) is 4.68 Å². The number of aromatic nitrogens is 2. The van der Waals surface area contributed by atoms with E-state index in [0.29, 0.717) is 11.3 Å². The van der Waals surface area contributed by atoms with Gasteiger partial charge in [0.25, 0.3) is 0 Å². The first kappa shape index (κ1) is 12.4. The number of nitrogens with zero attached hydrogens (tertiary/aromatic N) is 2. The number of carbonyl (C=O) groups is 1. The minimum atomic E-state index is 0.582. The lowest BCUT2D eigenvalue weighted by Crippen LogP contribution is -2.00. The average Bonchev–Trinajstić information content (AvgIpc) is 2.91.